The van der Waals surface area contributed by atoms with Crippen LogP contribution in [0.1, 0.15) is 6.42 Å². The Bertz CT molecular complexity index is 366. The van der Waals surface area contributed by atoms with Gasteiger partial charge in [0.15, 0.2) is 0 Å². The van der Waals surface area contributed by atoms with Crippen LogP contribution in [-0.2, 0) is 4.79 Å². The quantitative estimate of drug-likeness (QED) is 0.700. The Morgan fingerprint density at radius 2 is 1.94 bits per heavy atom. The van der Waals surface area contributed by atoms with Crippen LogP contribution in [0.4, 0.5) is 4.79 Å². The van der Waals surface area contributed by atoms with Gasteiger partial charge in [0.05, 0.1) is 12.0 Å². The number of carboxylic acids is 1. The van der Waals surface area contributed by atoms with Crippen molar-refractivity contribution in [2.45, 2.75) is 12.5 Å². The standard InChI is InChI=1S/C13H18N2O3/c1-3-7-15(8-4-2)13(18)14-11-6-5-10(9-11)12(16)17/h3-6,10-11H,1-2,7-9H2,(H,14,18)(H,16,17). The fourth-order valence-electron chi connectivity index (χ4n) is 1.79. The Hall–Kier alpha value is -2.04. The first-order valence-electron chi connectivity index (χ1n) is 5.76. The first kappa shape index (κ1) is 14.0. The Morgan fingerprint density at radius 3 is 2.39 bits per heavy atom. The van der Waals surface area contributed by atoms with E-state index in [-0.39, 0.29) is 12.1 Å². The number of hydrogen-bond donors (Lipinski definition) is 2. The molecule has 0 radical (unpaired) electrons. The maximum atomic E-state index is 11.9. The summed E-state index contributed by atoms with van der Waals surface area (Å²) < 4.78 is 0. The van der Waals surface area contributed by atoms with Gasteiger partial charge in [-0.3, -0.25) is 4.79 Å². The summed E-state index contributed by atoms with van der Waals surface area (Å²) in [6.07, 6.45) is 6.99. The highest BCUT2D eigenvalue weighted by Gasteiger charge is 2.26. The van der Waals surface area contributed by atoms with Gasteiger partial charge in [0.1, 0.15) is 0 Å². The second kappa shape index (κ2) is 6.64. The summed E-state index contributed by atoms with van der Waals surface area (Å²) >= 11 is 0. The second-order valence-corrected chi connectivity index (χ2v) is 4.10. The molecular formula is C13H18N2O3. The Labute approximate surface area is 106 Å². The fourth-order valence-corrected chi connectivity index (χ4v) is 1.79. The van der Waals surface area contributed by atoms with E-state index < -0.39 is 11.9 Å². The predicted octanol–water partition coefficient (Wildman–Crippen LogP) is 1.40. The highest BCUT2D eigenvalue weighted by atomic mass is 16.4. The van der Waals surface area contributed by atoms with Gasteiger partial charge in [-0.2, -0.15) is 0 Å². The molecule has 1 aliphatic carbocycles. The molecule has 0 saturated carbocycles. The number of amides is 2. The molecule has 0 bridgehead atoms. The molecule has 2 atom stereocenters. The van der Waals surface area contributed by atoms with Crippen molar-refractivity contribution in [1.29, 1.82) is 0 Å². The van der Waals surface area contributed by atoms with E-state index in [1.165, 1.54) is 0 Å². The summed E-state index contributed by atoms with van der Waals surface area (Å²) in [7, 11) is 0. The number of hydrogen-bond acceptors (Lipinski definition) is 2. The van der Waals surface area contributed by atoms with Crippen LogP contribution in [0.5, 0.6) is 0 Å². The molecule has 18 heavy (non-hydrogen) atoms. The third kappa shape index (κ3) is 3.76. The summed E-state index contributed by atoms with van der Waals surface area (Å²) in [5, 5.41) is 11.6. The molecular weight excluding hydrogens is 232 g/mol. The fraction of sp³-hybridized carbons (Fsp3) is 0.385. The molecule has 0 aromatic carbocycles. The summed E-state index contributed by atoms with van der Waals surface area (Å²) in [6, 6.07) is -0.466. The van der Waals surface area contributed by atoms with Gasteiger partial charge in [-0.05, 0) is 6.42 Å². The Morgan fingerprint density at radius 1 is 1.33 bits per heavy atom. The Kier molecular flexibility index (Phi) is 5.17. The van der Waals surface area contributed by atoms with Crippen molar-refractivity contribution in [1.82, 2.24) is 10.2 Å². The number of urea groups is 1. The lowest BCUT2D eigenvalue weighted by molar-refractivity contribution is -0.140. The van der Waals surface area contributed by atoms with E-state index in [1.807, 2.05) is 0 Å². The van der Waals surface area contributed by atoms with Crippen molar-refractivity contribution in [3.63, 3.8) is 0 Å². The highest BCUT2D eigenvalue weighted by Crippen LogP contribution is 2.18. The second-order valence-electron chi connectivity index (χ2n) is 4.10. The van der Waals surface area contributed by atoms with E-state index in [0.717, 1.165) is 0 Å². The molecule has 0 heterocycles. The van der Waals surface area contributed by atoms with Crippen LogP contribution in [0.3, 0.4) is 0 Å². The number of nitrogens with zero attached hydrogens (tertiary/aromatic N) is 1. The van der Waals surface area contributed by atoms with Crippen LogP contribution in [0.15, 0.2) is 37.5 Å². The lowest BCUT2D eigenvalue weighted by Crippen LogP contribution is -2.44. The molecule has 0 spiro atoms. The topological polar surface area (TPSA) is 69.6 Å². The molecule has 2 amide bonds. The molecule has 0 aliphatic heterocycles. The summed E-state index contributed by atoms with van der Waals surface area (Å²) in [6.45, 7) is 8.02. The van der Waals surface area contributed by atoms with Crippen molar-refractivity contribution in [2.24, 2.45) is 5.92 Å². The maximum absolute atomic E-state index is 11.9. The van der Waals surface area contributed by atoms with E-state index in [2.05, 4.69) is 18.5 Å². The molecule has 0 aromatic heterocycles. The van der Waals surface area contributed by atoms with Crippen LogP contribution in [0.25, 0.3) is 0 Å². The molecule has 2 N–H and O–H groups in total. The third-order valence-electron chi connectivity index (χ3n) is 2.70. The van der Waals surface area contributed by atoms with Crippen LogP contribution in [0, 0.1) is 5.92 Å². The van der Waals surface area contributed by atoms with Crippen LogP contribution in [-0.4, -0.2) is 41.1 Å². The van der Waals surface area contributed by atoms with Gasteiger partial charge in [0, 0.05) is 13.1 Å². The zero-order valence-electron chi connectivity index (χ0n) is 10.2. The lowest BCUT2D eigenvalue weighted by atomic mass is 10.1. The molecule has 0 aromatic rings. The monoisotopic (exact) mass is 250 g/mol. The van der Waals surface area contributed by atoms with Crippen molar-refractivity contribution in [3.05, 3.63) is 37.5 Å². The van der Waals surface area contributed by atoms with Gasteiger partial charge in [-0.15, -0.1) is 13.2 Å². The average molecular weight is 250 g/mol. The van der Waals surface area contributed by atoms with Crippen molar-refractivity contribution in [3.8, 4) is 0 Å². The minimum Gasteiger partial charge on any atom is -0.481 e. The van der Waals surface area contributed by atoms with Gasteiger partial charge in [-0.25, -0.2) is 4.79 Å². The average Bonchev–Trinajstić information content (AvgIpc) is 2.77. The van der Waals surface area contributed by atoms with E-state index in [9.17, 15) is 9.59 Å². The lowest BCUT2D eigenvalue weighted by Gasteiger charge is -2.22. The number of carbonyl (C=O) groups is 2. The zero-order valence-corrected chi connectivity index (χ0v) is 10.2. The molecule has 0 saturated heterocycles. The minimum atomic E-state index is -0.864. The van der Waals surface area contributed by atoms with Crippen LogP contribution >= 0.6 is 0 Å². The maximum Gasteiger partial charge on any atom is 0.318 e. The largest absolute Gasteiger partial charge is 0.481 e. The van der Waals surface area contributed by atoms with Gasteiger partial charge in [0.2, 0.25) is 0 Å². The van der Waals surface area contributed by atoms with Crippen LogP contribution < -0.4 is 5.32 Å². The number of nitrogens with one attached hydrogen (secondary N) is 1. The van der Waals surface area contributed by atoms with E-state index in [4.69, 9.17) is 5.11 Å². The highest BCUT2D eigenvalue weighted by molar-refractivity contribution is 5.76. The molecule has 5 nitrogen and oxygen atoms in total. The van der Waals surface area contributed by atoms with Gasteiger partial charge in [0.25, 0.3) is 0 Å². The number of rotatable bonds is 6. The summed E-state index contributed by atoms with van der Waals surface area (Å²) in [4.78, 5) is 24.2. The van der Waals surface area contributed by atoms with Crippen molar-refractivity contribution >= 4 is 12.0 Å². The third-order valence-corrected chi connectivity index (χ3v) is 2.70. The number of carboxylic acid groups (broad SMARTS) is 1. The molecule has 1 rings (SSSR count). The molecule has 2 unspecified atom stereocenters. The number of carbonyl (C=O) groups excluding carboxylic acids is 1. The SMILES string of the molecule is C=CCN(CC=C)C(=O)NC1C=CC(C(=O)O)C1. The van der Waals surface area contributed by atoms with Crippen LogP contribution in [0.2, 0.25) is 0 Å². The van der Waals surface area contributed by atoms with Gasteiger partial charge >= 0.3 is 12.0 Å². The summed E-state index contributed by atoms with van der Waals surface area (Å²) in [5.74, 6) is -1.38. The van der Waals surface area contributed by atoms with E-state index in [0.29, 0.717) is 19.5 Å². The van der Waals surface area contributed by atoms with Crippen molar-refractivity contribution in [2.75, 3.05) is 13.1 Å². The smallest absolute Gasteiger partial charge is 0.318 e. The Balaban J connectivity index is 2.49. The van der Waals surface area contributed by atoms with Gasteiger partial charge < -0.3 is 15.3 Å². The van der Waals surface area contributed by atoms with Gasteiger partial charge in [-0.1, -0.05) is 24.3 Å². The normalized spacial score (nSPS) is 21.3. The minimum absolute atomic E-state index is 0.226. The molecule has 98 valence electrons. The first-order chi connectivity index (χ1) is 8.58. The zero-order chi connectivity index (χ0) is 13.5. The first-order valence-corrected chi connectivity index (χ1v) is 5.76. The molecule has 1 aliphatic rings. The van der Waals surface area contributed by atoms with Crippen molar-refractivity contribution < 1.29 is 14.7 Å². The summed E-state index contributed by atoms with van der Waals surface area (Å²) in [5.41, 5.74) is 0. The molecule has 5 heteroatoms. The predicted molar refractivity (Wildman–Crippen MR) is 69.2 cm³/mol. The number of aliphatic carboxylic acids is 1. The molecule has 0 fully saturated rings. The van der Waals surface area contributed by atoms with E-state index >= 15 is 0 Å². The van der Waals surface area contributed by atoms with E-state index in [1.54, 1.807) is 29.2 Å².